The third-order valence-electron chi connectivity index (χ3n) is 5.80. The normalized spacial score (nSPS) is 12.3. The van der Waals surface area contributed by atoms with E-state index in [1.807, 2.05) is 0 Å². The van der Waals surface area contributed by atoms with Gasteiger partial charge in [-0.05, 0) is 44.9 Å². The number of esters is 1. The van der Waals surface area contributed by atoms with Crippen LogP contribution in [0.2, 0.25) is 10.0 Å². The van der Waals surface area contributed by atoms with Crippen LogP contribution in [0.4, 0.5) is 11.4 Å². The van der Waals surface area contributed by atoms with Gasteiger partial charge in [-0.15, -0.1) is 0 Å². The van der Waals surface area contributed by atoms with Crippen molar-refractivity contribution in [1.29, 1.82) is 5.26 Å². The number of Topliss-reactive ketones (excluding diaryl/α,β-unsaturated/α-hetero) is 1. The van der Waals surface area contributed by atoms with Crippen LogP contribution in [0.5, 0.6) is 0 Å². The summed E-state index contributed by atoms with van der Waals surface area (Å²) >= 11 is 12.9. The van der Waals surface area contributed by atoms with Gasteiger partial charge in [0.1, 0.15) is 6.61 Å². The summed E-state index contributed by atoms with van der Waals surface area (Å²) in [7, 11) is 3.26. The van der Waals surface area contributed by atoms with E-state index in [1.165, 1.54) is 27.0 Å². The number of rotatable bonds is 7. The second-order valence-electron chi connectivity index (χ2n) is 8.01. The quantitative estimate of drug-likeness (QED) is 0.265. The number of aromatic nitrogens is 2. The molecule has 0 aliphatic heterocycles. The summed E-state index contributed by atoms with van der Waals surface area (Å²) in [5, 5.41) is 13.9. The van der Waals surface area contributed by atoms with E-state index in [4.69, 9.17) is 32.7 Å². The molecule has 0 saturated heterocycles. The maximum atomic E-state index is 13.2. The summed E-state index contributed by atoms with van der Waals surface area (Å²) in [6, 6.07) is 8.59. The van der Waals surface area contributed by atoms with Gasteiger partial charge in [0.15, 0.2) is 17.0 Å². The molecule has 0 radical (unpaired) electrons. The maximum Gasteiger partial charge on any atom is 0.323 e. The predicted molar refractivity (Wildman–Crippen MR) is 139 cm³/mol. The number of halogens is 2. The third-order valence-corrected chi connectivity index (χ3v) is 6.43. The molecule has 0 saturated carbocycles. The largest absolute Gasteiger partial charge is 0.465 e. The molecule has 2 aromatic carbocycles. The molecule has 3 rings (SSSR count). The summed E-state index contributed by atoms with van der Waals surface area (Å²) in [5.41, 5.74) is -0.135. The second-order valence-corrected chi connectivity index (χ2v) is 8.82. The van der Waals surface area contributed by atoms with Gasteiger partial charge >= 0.3 is 5.97 Å². The second kappa shape index (κ2) is 11.0. The first-order chi connectivity index (χ1) is 17.1. The molecule has 1 unspecified atom stereocenters. The number of nitrogens with zero attached hydrogens (tertiary/aromatic N) is 3. The fourth-order valence-corrected chi connectivity index (χ4v) is 4.34. The topological polar surface area (TPSA) is 106 Å². The van der Waals surface area contributed by atoms with E-state index < -0.39 is 17.2 Å². The van der Waals surface area contributed by atoms with Crippen LogP contribution in [0.15, 0.2) is 24.3 Å². The Kier molecular flexibility index (Phi) is 8.27. The van der Waals surface area contributed by atoms with Crippen LogP contribution in [0.25, 0.3) is 11.0 Å². The number of fused-ring (bicyclic) bond motifs is 1. The zero-order valence-electron chi connectivity index (χ0n) is 20.5. The molecule has 186 valence electrons. The monoisotopic (exact) mass is 526 g/mol. The molecule has 1 N–H and O–H groups in total. The zero-order chi connectivity index (χ0) is 26.6. The molecule has 3 aromatic rings. The van der Waals surface area contributed by atoms with Gasteiger partial charge in [0.25, 0.3) is 0 Å². The Bertz CT molecular complexity index is 1440. The SMILES string of the molecule is CCOC(=O)C(C)(C(C)=O)c1c(C#N)cc2nc(C#CCOC)n(C)c2c1Nc1c(Cl)cccc1Cl. The van der Waals surface area contributed by atoms with Crippen LogP contribution >= 0.6 is 23.2 Å². The number of methoxy groups -OCH3 is 1. The van der Waals surface area contributed by atoms with E-state index in [0.29, 0.717) is 32.6 Å². The highest BCUT2D eigenvalue weighted by Gasteiger charge is 2.46. The van der Waals surface area contributed by atoms with E-state index in [1.54, 1.807) is 36.7 Å². The van der Waals surface area contributed by atoms with Crippen molar-refractivity contribution < 1.29 is 19.1 Å². The first kappa shape index (κ1) is 27.0. The molecule has 1 atom stereocenters. The third kappa shape index (κ3) is 4.76. The number of benzene rings is 2. The van der Waals surface area contributed by atoms with E-state index in [0.717, 1.165) is 0 Å². The number of nitriles is 1. The van der Waals surface area contributed by atoms with Crippen molar-refractivity contribution in [2.75, 3.05) is 25.6 Å². The van der Waals surface area contributed by atoms with E-state index in [2.05, 4.69) is 28.2 Å². The first-order valence-corrected chi connectivity index (χ1v) is 11.7. The van der Waals surface area contributed by atoms with Gasteiger partial charge in [-0.3, -0.25) is 9.59 Å². The Morgan fingerprint density at radius 3 is 2.47 bits per heavy atom. The van der Waals surface area contributed by atoms with Crippen LogP contribution in [-0.4, -0.2) is 41.6 Å². The first-order valence-electron chi connectivity index (χ1n) is 10.9. The Balaban J connectivity index is 2.51. The summed E-state index contributed by atoms with van der Waals surface area (Å²) < 4.78 is 12.0. The molecule has 1 aromatic heterocycles. The summed E-state index contributed by atoms with van der Waals surface area (Å²) in [6.07, 6.45) is 0. The Morgan fingerprint density at radius 1 is 1.25 bits per heavy atom. The molecule has 0 amide bonds. The minimum Gasteiger partial charge on any atom is -0.465 e. The highest BCUT2D eigenvalue weighted by molar-refractivity contribution is 6.39. The van der Waals surface area contributed by atoms with Crippen molar-refractivity contribution in [2.24, 2.45) is 7.05 Å². The summed E-state index contributed by atoms with van der Waals surface area (Å²) in [5.74, 6) is 4.88. The number of carbonyl (C=O) groups excluding carboxylic acids is 2. The van der Waals surface area contributed by atoms with Crippen LogP contribution in [0, 0.1) is 23.2 Å². The zero-order valence-corrected chi connectivity index (χ0v) is 22.0. The number of nitrogens with one attached hydrogen (secondary N) is 1. The van der Waals surface area contributed by atoms with Crippen molar-refractivity contribution in [3.8, 4) is 17.9 Å². The van der Waals surface area contributed by atoms with Crippen molar-refractivity contribution in [3.05, 3.63) is 51.3 Å². The van der Waals surface area contributed by atoms with Crippen LogP contribution in [0.3, 0.4) is 0 Å². The Morgan fingerprint density at radius 2 is 1.92 bits per heavy atom. The molecule has 0 bridgehead atoms. The van der Waals surface area contributed by atoms with E-state index in [9.17, 15) is 14.9 Å². The molecule has 0 spiro atoms. The molecule has 1 heterocycles. The van der Waals surface area contributed by atoms with Gasteiger partial charge in [-0.1, -0.05) is 35.2 Å². The number of hydrogen-bond donors (Lipinski definition) is 1. The van der Waals surface area contributed by atoms with Crippen LogP contribution in [-0.2, 0) is 31.5 Å². The number of anilines is 2. The van der Waals surface area contributed by atoms with Gasteiger partial charge in [0.05, 0.1) is 50.7 Å². The molecule has 0 fully saturated rings. The molecule has 8 nitrogen and oxygen atoms in total. The van der Waals surface area contributed by atoms with Gasteiger partial charge in [-0.2, -0.15) is 5.26 Å². The van der Waals surface area contributed by atoms with Gasteiger partial charge in [-0.25, -0.2) is 4.98 Å². The van der Waals surface area contributed by atoms with Crippen LogP contribution < -0.4 is 5.32 Å². The lowest BCUT2D eigenvalue weighted by Gasteiger charge is -2.29. The average Bonchev–Trinajstić information content (AvgIpc) is 3.15. The molecule has 0 aliphatic carbocycles. The maximum absolute atomic E-state index is 13.2. The van der Waals surface area contributed by atoms with Crippen molar-refractivity contribution >= 4 is 57.4 Å². The molecular formula is C26H24Cl2N4O4. The molecular weight excluding hydrogens is 503 g/mol. The smallest absolute Gasteiger partial charge is 0.323 e. The van der Waals surface area contributed by atoms with Gasteiger partial charge in [0, 0.05) is 19.7 Å². The van der Waals surface area contributed by atoms with Crippen LogP contribution in [0.1, 0.15) is 37.7 Å². The fourth-order valence-electron chi connectivity index (χ4n) is 3.85. The average molecular weight is 527 g/mol. The predicted octanol–water partition coefficient (Wildman–Crippen LogP) is 4.90. The summed E-state index contributed by atoms with van der Waals surface area (Å²) in [6.45, 7) is 4.60. The highest BCUT2D eigenvalue weighted by Crippen LogP contribution is 2.43. The fraction of sp³-hybridized carbons (Fsp3) is 0.308. The number of ether oxygens (including phenoxy) is 2. The lowest BCUT2D eigenvalue weighted by molar-refractivity contribution is -0.152. The lowest BCUT2D eigenvalue weighted by Crippen LogP contribution is -2.42. The standard InChI is InChI=1S/C26H24Cl2N4O4/c1-6-36-25(34)26(3,15(2)33)21-16(14-29)13-19-24(32(4)20(30-19)11-8-12-35-5)23(21)31-22-17(27)9-7-10-18(22)28/h7,9-10,13,31H,6,12H2,1-5H3. The van der Waals surface area contributed by atoms with Gasteiger partial charge < -0.3 is 19.4 Å². The minimum absolute atomic E-state index is 0.0515. The molecule has 0 aliphatic rings. The lowest BCUT2D eigenvalue weighted by atomic mass is 9.75. The number of hydrogen-bond acceptors (Lipinski definition) is 7. The van der Waals surface area contributed by atoms with Gasteiger partial charge in [0.2, 0.25) is 0 Å². The number of para-hydroxylation sites is 1. The Hall–Kier alpha value is -3.56. The molecule has 36 heavy (non-hydrogen) atoms. The van der Waals surface area contributed by atoms with Crippen molar-refractivity contribution in [1.82, 2.24) is 9.55 Å². The van der Waals surface area contributed by atoms with Crippen molar-refractivity contribution in [3.63, 3.8) is 0 Å². The Labute approximate surface area is 219 Å². The number of carbonyl (C=O) groups is 2. The van der Waals surface area contributed by atoms with E-state index in [-0.39, 0.29) is 30.0 Å². The number of ketones is 1. The van der Waals surface area contributed by atoms with Crippen molar-refractivity contribution in [2.45, 2.75) is 26.2 Å². The number of imidazole rings is 1. The highest BCUT2D eigenvalue weighted by atomic mass is 35.5. The molecule has 10 heteroatoms. The van der Waals surface area contributed by atoms with E-state index >= 15 is 0 Å². The summed E-state index contributed by atoms with van der Waals surface area (Å²) in [4.78, 5) is 30.8. The minimum atomic E-state index is -1.82. The number of aryl methyl sites for hydroxylation is 1.